The summed E-state index contributed by atoms with van der Waals surface area (Å²) in [7, 11) is 1.58. The van der Waals surface area contributed by atoms with E-state index < -0.39 is 11.7 Å². The highest BCUT2D eigenvalue weighted by Crippen LogP contribution is 2.28. The lowest BCUT2D eigenvalue weighted by molar-refractivity contribution is 0.0976. The minimum absolute atomic E-state index is 0.185. The summed E-state index contributed by atoms with van der Waals surface area (Å²) in [6.45, 7) is 3.06. The number of carbonyl (C=O) groups excluding carboxylic acids is 1. The summed E-state index contributed by atoms with van der Waals surface area (Å²) >= 11 is 5.13. The number of hydrogen-bond donors (Lipinski definition) is 2. The second-order valence-electron chi connectivity index (χ2n) is 5.48. The van der Waals surface area contributed by atoms with Crippen molar-refractivity contribution in [1.29, 1.82) is 0 Å². The third-order valence-corrected chi connectivity index (χ3v) is 3.72. The molecule has 138 valence electrons. The molecule has 26 heavy (non-hydrogen) atoms. The van der Waals surface area contributed by atoms with Crippen LogP contribution >= 0.6 is 12.2 Å². The van der Waals surface area contributed by atoms with Crippen molar-refractivity contribution in [3.8, 4) is 11.5 Å². The van der Waals surface area contributed by atoms with E-state index in [0.717, 1.165) is 12.0 Å². The topological polar surface area (TPSA) is 59.6 Å². The van der Waals surface area contributed by atoms with Gasteiger partial charge in [-0.3, -0.25) is 10.1 Å². The van der Waals surface area contributed by atoms with Crippen molar-refractivity contribution < 1.29 is 18.7 Å². The molecule has 2 N–H and O–H groups in total. The summed E-state index contributed by atoms with van der Waals surface area (Å²) in [6, 6.07) is 10.8. The molecule has 2 rings (SSSR count). The minimum Gasteiger partial charge on any atom is -0.493 e. The maximum Gasteiger partial charge on any atom is 0.257 e. The molecule has 0 aliphatic rings. The van der Waals surface area contributed by atoms with E-state index in [1.807, 2.05) is 25.1 Å². The van der Waals surface area contributed by atoms with E-state index in [0.29, 0.717) is 30.2 Å². The highest BCUT2D eigenvalue weighted by Gasteiger charge is 2.09. The number of hydrogen-bond acceptors (Lipinski definition) is 4. The molecular formula is C19H21FN2O3S. The summed E-state index contributed by atoms with van der Waals surface area (Å²) in [5.41, 5.74) is 1.25. The highest BCUT2D eigenvalue weighted by molar-refractivity contribution is 7.80. The van der Waals surface area contributed by atoms with Crippen LogP contribution in [0.2, 0.25) is 0 Å². The van der Waals surface area contributed by atoms with Crippen LogP contribution < -0.4 is 20.1 Å². The molecule has 0 aromatic heterocycles. The van der Waals surface area contributed by atoms with Gasteiger partial charge in [0.1, 0.15) is 5.82 Å². The molecular weight excluding hydrogens is 355 g/mol. The van der Waals surface area contributed by atoms with E-state index in [4.69, 9.17) is 21.7 Å². The molecule has 0 aliphatic heterocycles. The van der Waals surface area contributed by atoms with Gasteiger partial charge in [0, 0.05) is 12.1 Å². The Balaban J connectivity index is 1.90. The van der Waals surface area contributed by atoms with Gasteiger partial charge in [-0.1, -0.05) is 13.0 Å². The molecule has 0 radical (unpaired) electrons. The number of nitrogens with one attached hydrogen (secondary N) is 2. The predicted octanol–water partition coefficient (Wildman–Crippen LogP) is 3.43. The van der Waals surface area contributed by atoms with Crippen molar-refractivity contribution in [3.63, 3.8) is 0 Å². The molecule has 0 unspecified atom stereocenters. The normalized spacial score (nSPS) is 10.1. The third kappa shape index (κ3) is 5.70. The van der Waals surface area contributed by atoms with Crippen molar-refractivity contribution in [2.24, 2.45) is 0 Å². The van der Waals surface area contributed by atoms with E-state index >= 15 is 0 Å². The second-order valence-corrected chi connectivity index (χ2v) is 5.89. The Morgan fingerprint density at radius 3 is 2.54 bits per heavy atom. The number of halogens is 1. The van der Waals surface area contributed by atoms with Crippen molar-refractivity contribution in [2.45, 2.75) is 19.9 Å². The van der Waals surface area contributed by atoms with Crippen LogP contribution in [0.3, 0.4) is 0 Å². The number of carbonyl (C=O) groups is 1. The smallest absolute Gasteiger partial charge is 0.257 e. The van der Waals surface area contributed by atoms with E-state index in [-0.39, 0.29) is 5.11 Å². The average molecular weight is 376 g/mol. The fraction of sp³-hybridized carbons (Fsp3) is 0.263. The van der Waals surface area contributed by atoms with Crippen LogP contribution in [-0.2, 0) is 6.54 Å². The van der Waals surface area contributed by atoms with Crippen LogP contribution in [0.15, 0.2) is 42.5 Å². The lowest BCUT2D eigenvalue weighted by Crippen LogP contribution is -2.38. The van der Waals surface area contributed by atoms with Crippen LogP contribution in [0.5, 0.6) is 11.5 Å². The maximum absolute atomic E-state index is 12.9. The number of rotatable bonds is 7. The zero-order valence-electron chi connectivity index (χ0n) is 14.7. The number of benzene rings is 2. The summed E-state index contributed by atoms with van der Waals surface area (Å²) in [5, 5.41) is 5.70. The van der Waals surface area contributed by atoms with Crippen molar-refractivity contribution in [2.75, 3.05) is 13.7 Å². The van der Waals surface area contributed by atoms with Gasteiger partial charge in [-0.15, -0.1) is 0 Å². The van der Waals surface area contributed by atoms with Gasteiger partial charge < -0.3 is 14.8 Å². The minimum atomic E-state index is -0.400. The van der Waals surface area contributed by atoms with E-state index in [1.54, 1.807) is 7.11 Å². The molecule has 0 saturated heterocycles. The fourth-order valence-electron chi connectivity index (χ4n) is 2.16. The molecule has 0 atom stereocenters. The van der Waals surface area contributed by atoms with Gasteiger partial charge in [-0.2, -0.15) is 0 Å². The Labute approximate surface area is 157 Å². The molecule has 0 bridgehead atoms. The summed E-state index contributed by atoms with van der Waals surface area (Å²) < 4.78 is 23.8. The first-order valence-electron chi connectivity index (χ1n) is 8.18. The first-order valence-corrected chi connectivity index (χ1v) is 8.58. The van der Waals surface area contributed by atoms with Crippen molar-refractivity contribution in [3.05, 3.63) is 59.4 Å². The summed E-state index contributed by atoms with van der Waals surface area (Å²) in [5.74, 6) is 0.523. The molecule has 0 aliphatic carbocycles. The van der Waals surface area contributed by atoms with E-state index in [1.165, 1.54) is 24.3 Å². The fourth-order valence-corrected chi connectivity index (χ4v) is 2.32. The Hall–Kier alpha value is -2.67. The standard InChI is InChI=1S/C19H21FN2O3S/c1-3-10-25-16-9-4-13(11-17(16)24-2)12-21-19(26)22-18(23)14-5-7-15(20)8-6-14/h4-9,11H,3,10,12H2,1-2H3,(H2,21,22,23,26). The molecule has 0 fully saturated rings. The lowest BCUT2D eigenvalue weighted by Gasteiger charge is -2.13. The lowest BCUT2D eigenvalue weighted by atomic mass is 10.2. The van der Waals surface area contributed by atoms with Gasteiger partial charge in [-0.25, -0.2) is 4.39 Å². The van der Waals surface area contributed by atoms with E-state index in [9.17, 15) is 9.18 Å². The Morgan fingerprint density at radius 1 is 1.15 bits per heavy atom. The average Bonchev–Trinajstić information content (AvgIpc) is 2.65. The first kappa shape index (κ1) is 19.7. The number of methoxy groups -OCH3 is 1. The maximum atomic E-state index is 12.9. The van der Waals surface area contributed by atoms with Crippen LogP contribution in [0, 0.1) is 5.82 Å². The third-order valence-electron chi connectivity index (χ3n) is 3.48. The highest BCUT2D eigenvalue weighted by atomic mass is 32.1. The Morgan fingerprint density at radius 2 is 1.88 bits per heavy atom. The summed E-state index contributed by atoms with van der Waals surface area (Å²) in [4.78, 5) is 12.0. The molecule has 0 heterocycles. The molecule has 7 heteroatoms. The van der Waals surface area contributed by atoms with Crippen LogP contribution in [-0.4, -0.2) is 24.7 Å². The number of thiocarbonyl (C=S) groups is 1. The predicted molar refractivity (Wildman–Crippen MR) is 102 cm³/mol. The van der Waals surface area contributed by atoms with Crippen LogP contribution in [0.4, 0.5) is 4.39 Å². The molecule has 0 spiro atoms. The zero-order chi connectivity index (χ0) is 18.9. The Kier molecular flexibility index (Phi) is 7.35. The summed E-state index contributed by atoms with van der Waals surface area (Å²) in [6.07, 6.45) is 0.911. The molecule has 0 saturated carbocycles. The molecule has 2 aromatic rings. The molecule has 2 aromatic carbocycles. The molecule has 1 amide bonds. The van der Waals surface area contributed by atoms with E-state index in [2.05, 4.69) is 10.6 Å². The van der Waals surface area contributed by atoms with Gasteiger partial charge in [0.25, 0.3) is 5.91 Å². The monoisotopic (exact) mass is 376 g/mol. The Bertz CT molecular complexity index is 766. The first-order chi connectivity index (χ1) is 12.5. The SMILES string of the molecule is CCCOc1ccc(CNC(=S)NC(=O)c2ccc(F)cc2)cc1OC. The second kappa shape index (κ2) is 9.72. The van der Waals surface area contributed by atoms with Gasteiger partial charge in [0.15, 0.2) is 16.6 Å². The number of amides is 1. The van der Waals surface area contributed by atoms with Crippen molar-refractivity contribution in [1.82, 2.24) is 10.6 Å². The van der Waals surface area contributed by atoms with Gasteiger partial charge in [-0.05, 0) is 60.6 Å². The van der Waals surface area contributed by atoms with Crippen LogP contribution in [0.1, 0.15) is 29.3 Å². The molecule has 5 nitrogen and oxygen atoms in total. The van der Waals surface area contributed by atoms with Gasteiger partial charge in [0.05, 0.1) is 13.7 Å². The van der Waals surface area contributed by atoms with Crippen LogP contribution in [0.25, 0.3) is 0 Å². The van der Waals surface area contributed by atoms with Gasteiger partial charge >= 0.3 is 0 Å². The van der Waals surface area contributed by atoms with Gasteiger partial charge in [0.2, 0.25) is 0 Å². The number of ether oxygens (including phenoxy) is 2. The van der Waals surface area contributed by atoms with Crippen molar-refractivity contribution >= 4 is 23.2 Å². The quantitative estimate of drug-likeness (QED) is 0.725. The largest absolute Gasteiger partial charge is 0.493 e. The zero-order valence-corrected chi connectivity index (χ0v) is 15.5.